The van der Waals surface area contributed by atoms with Crippen LogP contribution >= 0.6 is 0 Å². The summed E-state index contributed by atoms with van der Waals surface area (Å²) in [6, 6.07) is 10.1. The molecule has 0 saturated carbocycles. The standard InChI is InChI=1S/C16H24N2O2/c1-4-17(15-8-6-5-7-9-15)12-16(19)18-10-13(2)20-14(3)11-18/h5-9,13-14H,4,10-12H2,1-3H3. The Morgan fingerprint density at radius 1 is 1.25 bits per heavy atom. The van der Waals surface area contributed by atoms with E-state index < -0.39 is 0 Å². The van der Waals surface area contributed by atoms with E-state index in [-0.39, 0.29) is 18.1 Å². The highest BCUT2D eigenvalue weighted by atomic mass is 16.5. The van der Waals surface area contributed by atoms with Gasteiger partial charge in [0.15, 0.2) is 0 Å². The molecule has 4 nitrogen and oxygen atoms in total. The molecule has 0 aliphatic carbocycles. The van der Waals surface area contributed by atoms with Crippen LogP contribution in [0.1, 0.15) is 20.8 Å². The van der Waals surface area contributed by atoms with E-state index in [4.69, 9.17) is 4.74 Å². The lowest BCUT2D eigenvalue weighted by Gasteiger charge is -2.36. The van der Waals surface area contributed by atoms with E-state index in [1.165, 1.54) is 0 Å². The molecule has 0 aromatic heterocycles. The minimum absolute atomic E-state index is 0.120. The lowest BCUT2D eigenvalue weighted by molar-refractivity contribution is -0.141. The number of ether oxygens (including phenoxy) is 1. The van der Waals surface area contributed by atoms with Crippen molar-refractivity contribution in [2.75, 3.05) is 31.1 Å². The number of amides is 1. The highest BCUT2D eigenvalue weighted by Crippen LogP contribution is 2.15. The van der Waals surface area contributed by atoms with Gasteiger partial charge in [-0.05, 0) is 32.9 Å². The molecule has 1 aliphatic heterocycles. The van der Waals surface area contributed by atoms with Crippen LogP contribution in [0, 0.1) is 0 Å². The van der Waals surface area contributed by atoms with Crippen molar-refractivity contribution in [1.82, 2.24) is 4.90 Å². The summed E-state index contributed by atoms with van der Waals surface area (Å²) in [5.74, 6) is 0.178. The zero-order valence-electron chi connectivity index (χ0n) is 12.6. The Morgan fingerprint density at radius 2 is 1.85 bits per heavy atom. The number of benzene rings is 1. The van der Waals surface area contributed by atoms with E-state index >= 15 is 0 Å². The number of nitrogens with zero attached hydrogens (tertiary/aromatic N) is 2. The van der Waals surface area contributed by atoms with Crippen LogP contribution in [0.4, 0.5) is 5.69 Å². The molecule has 1 aromatic carbocycles. The predicted molar refractivity (Wildman–Crippen MR) is 80.9 cm³/mol. The van der Waals surface area contributed by atoms with Gasteiger partial charge < -0.3 is 14.5 Å². The molecule has 0 bridgehead atoms. The first-order valence-corrected chi connectivity index (χ1v) is 7.33. The van der Waals surface area contributed by atoms with Gasteiger partial charge in [0.05, 0.1) is 18.8 Å². The molecule has 0 spiro atoms. The molecule has 1 saturated heterocycles. The zero-order chi connectivity index (χ0) is 14.5. The van der Waals surface area contributed by atoms with Crippen LogP contribution in [0.3, 0.4) is 0 Å². The van der Waals surface area contributed by atoms with Crippen molar-refractivity contribution >= 4 is 11.6 Å². The second kappa shape index (κ2) is 6.75. The molecule has 1 amide bonds. The van der Waals surface area contributed by atoms with Gasteiger partial charge in [-0.2, -0.15) is 0 Å². The summed E-state index contributed by atoms with van der Waals surface area (Å²) in [4.78, 5) is 16.5. The van der Waals surface area contributed by atoms with Gasteiger partial charge in [-0.1, -0.05) is 18.2 Å². The maximum absolute atomic E-state index is 12.5. The fraction of sp³-hybridized carbons (Fsp3) is 0.562. The Labute approximate surface area is 121 Å². The minimum atomic E-state index is 0.120. The summed E-state index contributed by atoms with van der Waals surface area (Å²) >= 11 is 0. The van der Waals surface area contributed by atoms with Crippen molar-refractivity contribution in [3.8, 4) is 0 Å². The average Bonchev–Trinajstić information content (AvgIpc) is 2.44. The van der Waals surface area contributed by atoms with Gasteiger partial charge in [-0.3, -0.25) is 4.79 Å². The van der Waals surface area contributed by atoms with Crippen molar-refractivity contribution in [1.29, 1.82) is 0 Å². The topological polar surface area (TPSA) is 32.8 Å². The smallest absolute Gasteiger partial charge is 0.242 e. The molecule has 0 N–H and O–H groups in total. The SMILES string of the molecule is CCN(CC(=O)N1CC(C)OC(C)C1)c1ccccc1. The molecule has 2 atom stereocenters. The Balaban J connectivity index is 1.99. The number of hydrogen-bond donors (Lipinski definition) is 0. The van der Waals surface area contributed by atoms with Crippen LogP contribution in [0.15, 0.2) is 30.3 Å². The molecule has 1 heterocycles. The lowest BCUT2D eigenvalue weighted by atomic mass is 10.2. The maximum atomic E-state index is 12.5. The number of carbonyl (C=O) groups is 1. The molecule has 20 heavy (non-hydrogen) atoms. The first-order valence-electron chi connectivity index (χ1n) is 7.33. The van der Waals surface area contributed by atoms with Gasteiger partial charge in [0.2, 0.25) is 5.91 Å². The second-order valence-electron chi connectivity index (χ2n) is 5.41. The number of morpholine rings is 1. The lowest BCUT2D eigenvalue weighted by Crippen LogP contribution is -2.51. The summed E-state index contributed by atoms with van der Waals surface area (Å²) in [6.45, 7) is 8.75. The molecular weight excluding hydrogens is 252 g/mol. The van der Waals surface area contributed by atoms with Gasteiger partial charge in [0.1, 0.15) is 0 Å². The van der Waals surface area contributed by atoms with E-state index in [2.05, 4.69) is 11.8 Å². The van der Waals surface area contributed by atoms with Crippen molar-refractivity contribution in [3.63, 3.8) is 0 Å². The molecule has 110 valence electrons. The Bertz CT molecular complexity index is 425. The number of likely N-dealkylation sites (N-methyl/N-ethyl adjacent to an activating group) is 1. The van der Waals surface area contributed by atoms with Gasteiger partial charge in [-0.15, -0.1) is 0 Å². The van der Waals surface area contributed by atoms with Crippen molar-refractivity contribution < 1.29 is 9.53 Å². The second-order valence-corrected chi connectivity index (χ2v) is 5.41. The fourth-order valence-corrected chi connectivity index (χ4v) is 2.67. The first kappa shape index (κ1) is 14.9. The zero-order valence-corrected chi connectivity index (χ0v) is 12.6. The summed E-state index contributed by atoms with van der Waals surface area (Å²) in [6.07, 6.45) is 0.240. The first-order chi connectivity index (χ1) is 9.60. The van der Waals surface area contributed by atoms with Crippen LogP contribution in [0.2, 0.25) is 0 Å². The molecular formula is C16H24N2O2. The van der Waals surface area contributed by atoms with Gasteiger partial charge in [-0.25, -0.2) is 0 Å². The van der Waals surface area contributed by atoms with Crippen LogP contribution in [0.25, 0.3) is 0 Å². The van der Waals surface area contributed by atoms with Crippen LogP contribution in [-0.4, -0.2) is 49.2 Å². The van der Waals surface area contributed by atoms with Crippen molar-refractivity contribution in [2.24, 2.45) is 0 Å². The number of anilines is 1. The van der Waals surface area contributed by atoms with E-state index in [1.54, 1.807) is 0 Å². The number of para-hydroxylation sites is 1. The van der Waals surface area contributed by atoms with Gasteiger partial charge >= 0.3 is 0 Å². The maximum Gasteiger partial charge on any atom is 0.242 e. The number of rotatable bonds is 4. The number of hydrogen-bond acceptors (Lipinski definition) is 3. The van der Waals surface area contributed by atoms with Crippen LogP contribution in [0.5, 0.6) is 0 Å². The summed E-state index contributed by atoms with van der Waals surface area (Å²) in [5.41, 5.74) is 1.10. The molecule has 4 heteroatoms. The van der Waals surface area contributed by atoms with Gasteiger partial charge in [0, 0.05) is 25.3 Å². The monoisotopic (exact) mass is 276 g/mol. The summed E-state index contributed by atoms with van der Waals surface area (Å²) in [5, 5.41) is 0. The summed E-state index contributed by atoms with van der Waals surface area (Å²) < 4.78 is 5.67. The van der Waals surface area contributed by atoms with Gasteiger partial charge in [0.25, 0.3) is 0 Å². The molecule has 1 fully saturated rings. The van der Waals surface area contributed by atoms with E-state index in [0.29, 0.717) is 19.6 Å². The third-order valence-corrected chi connectivity index (χ3v) is 3.60. The highest BCUT2D eigenvalue weighted by molar-refractivity contribution is 5.81. The van der Waals surface area contributed by atoms with Crippen LogP contribution < -0.4 is 4.90 Å². The van der Waals surface area contributed by atoms with E-state index in [0.717, 1.165) is 12.2 Å². The highest BCUT2D eigenvalue weighted by Gasteiger charge is 2.26. The molecule has 1 aliphatic rings. The largest absolute Gasteiger partial charge is 0.372 e. The Morgan fingerprint density at radius 3 is 2.40 bits per heavy atom. The molecule has 0 radical (unpaired) electrons. The third kappa shape index (κ3) is 3.73. The summed E-state index contributed by atoms with van der Waals surface area (Å²) in [7, 11) is 0. The minimum Gasteiger partial charge on any atom is -0.372 e. The normalized spacial score (nSPS) is 22.6. The molecule has 1 aromatic rings. The molecule has 2 unspecified atom stereocenters. The van der Waals surface area contributed by atoms with Crippen molar-refractivity contribution in [3.05, 3.63) is 30.3 Å². The quantitative estimate of drug-likeness (QED) is 0.845. The van der Waals surface area contributed by atoms with Crippen LogP contribution in [-0.2, 0) is 9.53 Å². The number of carbonyl (C=O) groups excluding carboxylic acids is 1. The Hall–Kier alpha value is -1.55. The predicted octanol–water partition coefficient (Wildman–Crippen LogP) is 2.15. The molecule has 2 rings (SSSR count). The Kier molecular flexibility index (Phi) is 5.01. The fourth-order valence-electron chi connectivity index (χ4n) is 2.67. The van der Waals surface area contributed by atoms with E-state index in [9.17, 15) is 4.79 Å². The third-order valence-electron chi connectivity index (χ3n) is 3.60. The average molecular weight is 276 g/mol. The van der Waals surface area contributed by atoms with Crippen molar-refractivity contribution in [2.45, 2.75) is 33.0 Å². The van der Waals surface area contributed by atoms with E-state index in [1.807, 2.05) is 49.1 Å².